The lowest BCUT2D eigenvalue weighted by molar-refractivity contribution is -0.542. The molecule has 32 heavy (non-hydrogen) atoms. The Labute approximate surface area is 187 Å². The minimum Gasteiger partial charge on any atom is -0.458 e. The Balaban J connectivity index is 1.30. The van der Waals surface area contributed by atoms with E-state index in [9.17, 15) is 14.7 Å². The number of esters is 1. The van der Waals surface area contributed by atoms with E-state index in [0.717, 1.165) is 50.4 Å². The van der Waals surface area contributed by atoms with Crippen LogP contribution in [0.5, 0.6) is 0 Å². The van der Waals surface area contributed by atoms with E-state index >= 15 is 0 Å². The summed E-state index contributed by atoms with van der Waals surface area (Å²) in [6.07, 6.45) is 8.85. The number of hydrogen-bond donors (Lipinski definition) is 1. The minimum absolute atomic E-state index is 0.0131. The molecule has 0 aromatic rings. The zero-order valence-electron chi connectivity index (χ0n) is 18.8. The first-order valence-electron chi connectivity index (χ1n) is 12.3. The first kappa shape index (κ1) is 20.1. The molecule has 1 N–H and O–H groups in total. The van der Waals surface area contributed by atoms with Crippen LogP contribution in [0, 0.1) is 28.6 Å². The summed E-state index contributed by atoms with van der Waals surface area (Å²) >= 11 is 0. The molecule has 4 bridgehead atoms. The first-order chi connectivity index (χ1) is 15.2. The van der Waals surface area contributed by atoms with E-state index in [-0.39, 0.29) is 41.3 Å². The fraction of sp³-hybridized carbons (Fsp3) is 0.840. The van der Waals surface area contributed by atoms with Crippen molar-refractivity contribution in [2.75, 3.05) is 6.61 Å². The summed E-state index contributed by atoms with van der Waals surface area (Å²) in [5.41, 5.74) is -1.48. The number of carbonyl (C=O) groups excluding carboxylic acids is 2. The number of aldehydes is 1. The lowest BCUT2D eigenvalue weighted by Crippen LogP contribution is -2.81. The van der Waals surface area contributed by atoms with Crippen LogP contribution in [0.15, 0.2) is 11.6 Å². The van der Waals surface area contributed by atoms with Crippen molar-refractivity contribution in [3.8, 4) is 0 Å². The van der Waals surface area contributed by atoms with Crippen molar-refractivity contribution in [1.29, 1.82) is 0 Å². The highest BCUT2D eigenvalue weighted by Crippen LogP contribution is 2.73. The number of cyclic esters (lactones) is 1. The van der Waals surface area contributed by atoms with Crippen LogP contribution in [-0.2, 0) is 28.5 Å². The summed E-state index contributed by atoms with van der Waals surface area (Å²) < 4.78 is 24.0. The normalized spacial score (nSPS) is 59.8. The largest absolute Gasteiger partial charge is 0.458 e. The molecular weight excluding hydrogens is 412 g/mol. The summed E-state index contributed by atoms with van der Waals surface area (Å²) in [5.74, 6) is -1.16. The summed E-state index contributed by atoms with van der Waals surface area (Å²) in [5, 5.41) is 12.4. The molecule has 4 aliphatic carbocycles. The number of carbonyl (C=O) groups is 2. The maximum Gasteiger partial charge on any atom is 0.331 e. The highest BCUT2D eigenvalue weighted by atomic mass is 16.9. The quantitative estimate of drug-likeness (QED) is 0.517. The third kappa shape index (κ3) is 2.05. The van der Waals surface area contributed by atoms with E-state index in [0.29, 0.717) is 19.4 Å². The summed E-state index contributed by atoms with van der Waals surface area (Å²) in [7, 11) is 0. The van der Waals surface area contributed by atoms with Crippen molar-refractivity contribution >= 4 is 12.3 Å². The molecule has 1 spiro atoms. The topological polar surface area (TPSA) is 91.3 Å². The Morgan fingerprint density at radius 1 is 1.09 bits per heavy atom. The fourth-order valence-corrected chi connectivity index (χ4v) is 9.77. The van der Waals surface area contributed by atoms with Crippen molar-refractivity contribution in [3.05, 3.63) is 11.6 Å². The first-order valence-corrected chi connectivity index (χ1v) is 12.3. The van der Waals surface area contributed by atoms with Gasteiger partial charge in [-0.2, -0.15) is 0 Å². The van der Waals surface area contributed by atoms with E-state index in [1.807, 2.05) is 6.92 Å². The molecule has 7 nitrogen and oxygen atoms in total. The molecule has 10 unspecified atom stereocenters. The molecule has 0 radical (unpaired) electrons. The number of hydrogen-bond acceptors (Lipinski definition) is 7. The van der Waals surface area contributed by atoms with Gasteiger partial charge in [0.15, 0.2) is 0 Å². The van der Waals surface area contributed by atoms with Gasteiger partial charge in [-0.25, -0.2) is 4.79 Å². The van der Waals surface area contributed by atoms with Crippen LogP contribution in [0.1, 0.15) is 65.2 Å². The molecule has 0 aromatic carbocycles. The van der Waals surface area contributed by atoms with Crippen molar-refractivity contribution in [1.82, 2.24) is 0 Å². The maximum atomic E-state index is 13.0. The van der Waals surface area contributed by atoms with Crippen LogP contribution in [0.25, 0.3) is 0 Å². The molecule has 8 aliphatic rings. The van der Waals surface area contributed by atoms with Gasteiger partial charge >= 0.3 is 5.97 Å². The Kier molecular flexibility index (Phi) is 3.68. The summed E-state index contributed by atoms with van der Waals surface area (Å²) in [6, 6.07) is 0. The van der Waals surface area contributed by atoms with Crippen LogP contribution in [0.3, 0.4) is 0 Å². The van der Waals surface area contributed by atoms with Crippen LogP contribution >= 0.6 is 0 Å². The van der Waals surface area contributed by atoms with Gasteiger partial charge in [-0.3, -0.25) is 0 Å². The molecule has 8 rings (SSSR count). The molecule has 7 heteroatoms. The van der Waals surface area contributed by atoms with Gasteiger partial charge in [0.25, 0.3) is 5.97 Å². The monoisotopic (exact) mass is 444 g/mol. The van der Waals surface area contributed by atoms with Gasteiger partial charge in [0.1, 0.15) is 12.9 Å². The predicted molar refractivity (Wildman–Crippen MR) is 110 cm³/mol. The van der Waals surface area contributed by atoms with E-state index in [1.54, 1.807) is 6.08 Å². The van der Waals surface area contributed by atoms with Gasteiger partial charge in [-0.15, -0.1) is 0 Å². The van der Waals surface area contributed by atoms with E-state index < -0.39 is 22.6 Å². The van der Waals surface area contributed by atoms with Gasteiger partial charge < -0.3 is 28.8 Å². The van der Waals surface area contributed by atoms with Crippen molar-refractivity contribution in [3.63, 3.8) is 0 Å². The van der Waals surface area contributed by atoms with Crippen LogP contribution in [0.2, 0.25) is 0 Å². The van der Waals surface area contributed by atoms with Crippen molar-refractivity contribution in [2.45, 2.75) is 94.6 Å². The molecule has 0 amide bonds. The molecular formula is C25H32O7. The average Bonchev–Trinajstić information content (AvgIpc) is 3.26. The Hall–Kier alpha value is -1.28. The molecule has 7 fully saturated rings. The number of fused-ring (bicyclic) bond motifs is 3. The lowest BCUT2D eigenvalue weighted by atomic mass is 9.40. The maximum absolute atomic E-state index is 13.0. The Bertz CT molecular complexity index is 947. The molecule has 174 valence electrons. The second kappa shape index (κ2) is 5.85. The Morgan fingerprint density at radius 2 is 1.91 bits per heavy atom. The van der Waals surface area contributed by atoms with Crippen LogP contribution in [0.4, 0.5) is 0 Å². The minimum atomic E-state index is -1.06. The second-order valence-electron chi connectivity index (χ2n) is 11.8. The number of ether oxygens (including phenoxy) is 4. The van der Waals surface area contributed by atoms with Crippen molar-refractivity contribution < 1.29 is 33.6 Å². The van der Waals surface area contributed by atoms with E-state index in [2.05, 4.69) is 6.92 Å². The highest BCUT2D eigenvalue weighted by molar-refractivity contribution is 5.85. The Morgan fingerprint density at radius 3 is 2.62 bits per heavy atom. The van der Waals surface area contributed by atoms with Gasteiger partial charge in [0.05, 0.1) is 28.8 Å². The third-order valence-corrected chi connectivity index (χ3v) is 10.9. The molecule has 4 heterocycles. The molecule has 4 aliphatic heterocycles. The second-order valence-corrected chi connectivity index (χ2v) is 11.8. The zero-order chi connectivity index (χ0) is 22.1. The zero-order valence-corrected chi connectivity index (χ0v) is 18.8. The lowest BCUT2D eigenvalue weighted by Gasteiger charge is -2.73. The average molecular weight is 445 g/mol. The molecule has 4 saturated carbocycles. The summed E-state index contributed by atoms with van der Waals surface area (Å²) in [4.78, 5) is 24.8. The molecule has 10 atom stereocenters. The van der Waals surface area contributed by atoms with Gasteiger partial charge in [-0.05, 0) is 61.9 Å². The predicted octanol–water partition coefficient (Wildman–Crippen LogP) is 2.64. The van der Waals surface area contributed by atoms with Crippen molar-refractivity contribution in [2.24, 2.45) is 28.6 Å². The van der Waals surface area contributed by atoms with Gasteiger partial charge in [-0.1, -0.05) is 6.92 Å². The van der Waals surface area contributed by atoms with E-state index in [4.69, 9.17) is 18.9 Å². The summed E-state index contributed by atoms with van der Waals surface area (Å²) in [6.45, 7) is 4.37. The molecule has 3 saturated heterocycles. The number of rotatable bonds is 2. The number of aliphatic hydroxyl groups is 1. The smallest absolute Gasteiger partial charge is 0.331 e. The molecule has 0 aromatic heterocycles. The third-order valence-electron chi connectivity index (χ3n) is 10.9. The van der Waals surface area contributed by atoms with Crippen LogP contribution in [-0.4, -0.2) is 53.4 Å². The standard InChI is InChI=1S/C25H32O7/c1-21-6-3-17-18(25(21,28)8-5-16(21)14-9-20(27)29-12-14)4-7-23-11-15-10-19(24(17,23)13-26)31-22(2,30-15)32-23/h9,13,15-19,28H,3-8,10-12H2,1-2H3. The highest BCUT2D eigenvalue weighted by Gasteiger charge is 2.79. The van der Waals surface area contributed by atoms with E-state index in [1.165, 1.54) is 0 Å². The van der Waals surface area contributed by atoms with Gasteiger partial charge in [0, 0.05) is 31.3 Å². The SMILES string of the molecule is CC12OC3CC(O1)C1(C=O)C4CCC5(C)C(C6=CC(=O)OC6)CCC5(O)C4CCC1(C3)O2. The fourth-order valence-electron chi connectivity index (χ4n) is 9.77. The van der Waals surface area contributed by atoms with Crippen LogP contribution < -0.4 is 0 Å². The van der Waals surface area contributed by atoms with Gasteiger partial charge in [0.2, 0.25) is 0 Å².